The van der Waals surface area contributed by atoms with Crippen LogP contribution in [0.25, 0.3) is 0 Å². The molecule has 0 bridgehead atoms. The summed E-state index contributed by atoms with van der Waals surface area (Å²) in [5.74, 6) is 0.00254. The Balaban J connectivity index is 1.86. The van der Waals surface area contributed by atoms with Crippen molar-refractivity contribution < 1.29 is 13.9 Å². The topological polar surface area (TPSA) is 62.7 Å². The van der Waals surface area contributed by atoms with Crippen molar-refractivity contribution in [3.8, 4) is 5.75 Å². The van der Waals surface area contributed by atoms with Crippen molar-refractivity contribution in [2.75, 3.05) is 19.0 Å². The van der Waals surface area contributed by atoms with Crippen molar-refractivity contribution in [3.05, 3.63) is 58.3 Å². The average Bonchev–Trinajstić information content (AvgIpc) is 2.54. The minimum Gasteiger partial charge on any atom is -0.496 e. The highest BCUT2D eigenvalue weighted by molar-refractivity contribution is 9.10. The summed E-state index contributed by atoms with van der Waals surface area (Å²) in [6.45, 7) is 0.0264. The summed E-state index contributed by atoms with van der Waals surface area (Å²) >= 11 is 3.36. The molecule has 0 atom stereocenters. The number of halogens is 2. The van der Waals surface area contributed by atoms with Gasteiger partial charge in [-0.2, -0.15) is 5.10 Å². The number of anilines is 1. The Bertz CT molecular complexity index is 705. The van der Waals surface area contributed by atoms with Gasteiger partial charge in [0.05, 0.1) is 19.9 Å². The van der Waals surface area contributed by atoms with E-state index in [9.17, 15) is 9.18 Å². The molecule has 0 fully saturated rings. The summed E-state index contributed by atoms with van der Waals surface area (Å²) in [6.07, 6.45) is 1.50. The predicted octanol–water partition coefficient (Wildman–Crippen LogP) is 3.16. The number of methoxy groups -OCH3 is 1. The van der Waals surface area contributed by atoms with Crippen LogP contribution in [0.5, 0.6) is 5.75 Å². The fourth-order valence-corrected chi connectivity index (χ4v) is 2.15. The lowest BCUT2D eigenvalue weighted by Crippen LogP contribution is -2.25. The fourth-order valence-electron chi connectivity index (χ4n) is 1.77. The van der Waals surface area contributed by atoms with E-state index in [1.807, 2.05) is 12.1 Å². The smallest absolute Gasteiger partial charge is 0.259 e. The molecule has 7 heteroatoms. The van der Waals surface area contributed by atoms with Gasteiger partial charge in [0.15, 0.2) is 0 Å². The van der Waals surface area contributed by atoms with E-state index >= 15 is 0 Å². The van der Waals surface area contributed by atoms with Crippen LogP contribution in [0.4, 0.5) is 10.1 Å². The summed E-state index contributed by atoms with van der Waals surface area (Å²) in [4.78, 5) is 11.7. The largest absolute Gasteiger partial charge is 0.496 e. The van der Waals surface area contributed by atoms with Crippen molar-refractivity contribution >= 4 is 33.7 Å². The summed E-state index contributed by atoms with van der Waals surface area (Å²) in [7, 11) is 1.56. The van der Waals surface area contributed by atoms with E-state index in [2.05, 4.69) is 31.8 Å². The fraction of sp³-hybridized carbons (Fsp3) is 0.125. The maximum absolute atomic E-state index is 12.8. The van der Waals surface area contributed by atoms with Gasteiger partial charge in [-0.3, -0.25) is 4.79 Å². The Labute approximate surface area is 141 Å². The SMILES string of the molecule is COc1ccc(Br)cc1/C=N/NC(=O)CNc1ccc(F)cc1. The number of nitrogens with one attached hydrogen (secondary N) is 2. The zero-order chi connectivity index (χ0) is 16.7. The molecule has 0 aliphatic heterocycles. The monoisotopic (exact) mass is 379 g/mol. The Morgan fingerprint density at radius 2 is 2.04 bits per heavy atom. The molecular weight excluding hydrogens is 365 g/mol. The van der Waals surface area contributed by atoms with Crippen molar-refractivity contribution in [1.82, 2.24) is 5.43 Å². The standard InChI is InChI=1S/C16H15BrFN3O2/c1-23-15-7-2-12(17)8-11(15)9-20-21-16(22)10-19-14-5-3-13(18)4-6-14/h2-9,19H,10H2,1H3,(H,21,22)/b20-9+. The Morgan fingerprint density at radius 1 is 1.30 bits per heavy atom. The second kappa shape index (κ2) is 8.28. The molecule has 0 heterocycles. The quantitative estimate of drug-likeness (QED) is 0.598. The van der Waals surface area contributed by atoms with Gasteiger partial charge in [0.25, 0.3) is 5.91 Å². The summed E-state index contributed by atoms with van der Waals surface area (Å²) in [5, 5.41) is 6.76. The zero-order valence-corrected chi connectivity index (χ0v) is 13.9. The van der Waals surface area contributed by atoms with Crippen LogP contribution in [0.3, 0.4) is 0 Å². The molecule has 0 saturated heterocycles. The van der Waals surface area contributed by atoms with Crippen molar-refractivity contribution in [2.45, 2.75) is 0 Å². The van der Waals surface area contributed by atoms with Crippen LogP contribution in [-0.4, -0.2) is 25.8 Å². The number of hydrogen-bond donors (Lipinski definition) is 2. The van der Waals surface area contributed by atoms with E-state index in [0.717, 1.165) is 10.0 Å². The molecule has 0 unspecified atom stereocenters. The first-order valence-corrected chi connectivity index (χ1v) is 7.52. The molecule has 0 aliphatic carbocycles. The van der Waals surface area contributed by atoms with E-state index in [1.165, 1.54) is 18.3 Å². The number of ether oxygens (including phenoxy) is 1. The van der Waals surface area contributed by atoms with Crippen LogP contribution < -0.4 is 15.5 Å². The van der Waals surface area contributed by atoms with Crippen LogP contribution in [0.15, 0.2) is 52.0 Å². The molecule has 1 amide bonds. The number of benzene rings is 2. The number of hydrazone groups is 1. The first kappa shape index (κ1) is 17.0. The van der Waals surface area contributed by atoms with Gasteiger partial charge in [-0.05, 0) is 42.5 Å². The highest BCUT2D eigenvalue weighted by Crippen LogP contribution is 2.21. The van der Waals surface area contributed by atoms with Crippen molar-refractivity contribution in [3.63, 3.8) is 0 Å². The Kier molecular flexibility index (Phi) is 6.10. The number of carbonyl (C=O) groups excluding carboxylic acids is 1. The number of nitrogens with zero attached hydrogens (tertiary/aromatic N) is 1. The van der Waals surface area contributed by atoms with E-state index < -0.39 is 0 Å². The highest BCUT2D eigenvalue weighted by Gasteiger charge is 2.02. The third-order valence-electron chi connectivity index (χ3n) is 2.88. The molecule has 120 valence electrons. The maximum atomic E-state index is 12.8. The second-order valence-corrected chi connectivity index (χ2v) is 5.46. The van der Waals surface area contributed by atoms with E-state index in [0.29, 0.717) is 11.4 Å². The van der Waals surface area contributed by atoms with E-state index in [-0.39, 0.29) is 18.3 Å². The Hall–Kier alpha value is -2.41. The van der Waals surface area contributed by atoms with Crippen molar-refractivity contribution in [2.24, 2.45) is 5.10 Å². The minimum absolute atomic E-state index is 0.0264. The average molecular weight is 380 g/mol. The number of hydrogen-bond acceptors (Lipinski definition) is 4. The molecule has 2 aromatic carbocycles. The summed E-state index contributed by atoms with van der Waals surface area (Å²) in [5.41, 5.74) is 3.79. The first-order valence-electron chi connectivity index (χ1n) is 6.73. The third kappa shape index (κ3) is 5.37. The zero-order valence-electron chi connectivity index (χ0n) is 12.3. The molecule has 23 heavy (non-hydrogen) atoms. The molecule has 0 radical (unpaired) electrons. The van der Waals surface area contributed by atoms with E-state index in [1.54, 1.807) is 25.3 Å². The molecule has 2 rings (SSSR count). The van der Waals surface area contributed by atoms with Crippen LogP contribution in [0.1, 0.15) is 5.56 Å². The molecule has 0 aromatic heterocycles. The van der Waals surface area contributed by atoms with Gasteiger partial charge in [-0.25, -0.2) is 9.82 Å². The summed E-state index contributed by atoms with van der Waals surface area (Å²) in [6, 6.07) is 11.2. The lowest BCUT2D eigenvalue weighted by molar-refractivity contribution is -0.119. The van der Waals surface area contributed by atoms with E-state index in [4.69, 9.17) is 4.74 Å². The van der Waals surface area contributed by atoms with Gasteiger partial charge < -0.3 is 10.1 Å². The first-order chi connectivity index (χ1) is 11.1. The van der Waals surface area contributed by atoms with Gasteiger partial charge >= 0.3 is 0 Å². The number of amides is 1. The summed E-state index contributed by atoms with van der Waals surface area (Å²) < 4.78 is 18.8. The van der Waals surface area contributed by atoms with Crippen LogP contribution in [-0.2, 0) is 4.79 Å². The predicted molar refractivity (Wildman–Crippen MR) is 91.3 cm³/mol. The number of rotatable bonds is 6. The normalized spacial score (nSPS) is 10.6. The molecule has 5 nitrogen and oxygen atoms in total. The molecular formula is C16H15BrFN3O2. The third-order valence-corrected chi connectivity index (χ3v) is 3.38. The molecule has 0 spiro atoms. The van der Waals surface area contributed by atoms with Gasteiger partial charge in [0.2, 0.25) is 0 Å². The lowest BCUT2D eigenvalue weighted by Gasteiger charge is -2.06. The van der Waals surface area contributed by atoms with Crippen LogP contribution in [0, 0.1) is 5.82 Å². The van der Waals surface area contributed by atoms with Gasteiger partial charge in [-0.15, -0.1) is 0 Å². The highest BCUT2D eigenvalue weighted by atomic mass is 79.9. The molecule has 2 N–H and O–H groups in total. The van der Waals surface area contributed by atoms with Crippen molar-refractivity contribution in [1.29, 1.82) is 0 Å². The maximum Gasteiger partial charge on any atom is 0.259 e. The van der Waals surface area contributed by atoms with Crippen LogP contribution >= 0.6 is 15.9 Å². The molecule has 0 aliphatic rings. The Morgan fingerprint density at radius 3 is 2.74 bits per heavy atom. The number of carbonyl (C=O) groups is 1. The lowest BCUT2D eigenvalue weighted by atomic mass is 10.2. The molecule has 0 saturated carbocycles. The second-order valence-electron chi connectivity index (χ2n) is 4.54. The minimum atomic E-state index is -0.326. The molecule has 2 aromatic rings. The van der Waals surface area contributed by atoms with Gasteiger partial charge in [0, 0.05) is 15.7 Å². The van der Waals surface area contributed by atoms with Crippen LogP contribution in [0.2, 0.25) is 0 Å². The van der Waals surface area contributed by atoms with Gasteiger partial charge in [0.1, 0.15) is 11.6 Å². The van der Waals surface area contributed by atoms with Gasteiger partial charge in [-0.1, -0.05) is 15.9 Å².